The average Bonchev–Trinajstić information content (AvgIpc) is 3.07. The summed E-state index contributed by atoms with van der Waals surface area (Å²) in [7, 11) is 0. The van der Waals surface area contributed by atoms with Crippen LogP contribution in [-0.4, -0.2) is 30.3 Å². The van der Waals surface area contributed by atoms with Gasteiger partial charge in [-0.25, -0.2) is 0 Å². The number of halogens is 1. The van der Waals surface area contributed by atoms with Gasteiger partial charge in [-0.1, -0.05) is 23.7 Å². The first-order valence-electron chi connectivity index (χ1n) is 7.46. The highest BCUT2D eigenvalue weighted by atomic mass is 35.5. The predicted molar refractivity (Wildman–Crippen MR) is 80.3 cm³/mol. The number of hydrogen-bond acceptors (Lipinski definition) is 3. The zero-order chi connectivity index (χ0) is 14.8. The second kappa shape index (κ2) is 6.24. The molecule has 1 aromatic rings. The van der Waals surface area contributed by atoms with E-state index >= 15 is 0 Å². The molecule has 4 nitrogen and oxygen atoms in total. The van der Waals surface area contributed by atoms with Crippen LogP contribution in [0.3, 0.4) is 0 Å². The highest BCUT2D eigenvalue weighted by Crippen LogP contribution is 2.48. The van der Waals surface area contributed by atoms with Crippen LogP contribution in [0.5, 0.6) is 5.75 Å². The zero-order valence-electron chi connectivity index (χ0n) is 11.8. The standard InChI is InChI=1S/C16H20ClNO3/c17-13-3-1-2-4-14(13)21-9-15(20)18-16-11-6-5-10(7-11)12(16)8-19/h1-4,10-12,16,19H,5-9H2,(H,18,20). The van der Waals surface area contributed by atoms with E-state index in [9.17, 15) is 9.90 Å². The average molecular weight is 310 g/mol. The maximum Gasteiger partial charge on any atom is 0.258 e. The molecule has 4 unspecified atom stereocenters. The lowest BCUT2D eigenvalue weighted by Gasteiger charge is -2.30. The van der Waals surface area contributed by atoms with Crippen molar-refractivity contribution in [2.24, 2.45) is 17.8 Å². The van der Waals surface area contributed by atoms with Gasteiger partial charge in [0.1, 0.15) is 5.75 Å². The second-order valence-electron chi connectivity index (χ2n) is 5.99. The number of carbonyl (C=O) groups is 1. The molecule has 2 bridgehead atoms. The lowest BCUT2D eigenvalue weighted by Crippen LogP contribution is -2.46. The molecule has 3 rings (SSSR count). The van der Waals surface area contributed by atoms with E-state index in [4.69, 9.17) is 16.3 Å². The number of benzene rings is 1. The molecule has 1 aromatic carbocycles. The van der Waals surface area contributed by atoms with Gasteiger partial charge in [-0.05, 0) is 43.2 Å². The molecule has 0 saturated heterocycles. The zero-order valence-corrected chi connectivity index (χ0v) is 12.6. The minimum atomic E-state index is -0.147. The van der Waals surface area contributed by atoms with E-state index in [2.05, 4.69) is 5.32 Å². The fraction of sp³-hybridized carbons (Fsp3) is 0.562. The molecule has 0 heterocycles. The van der Waals surface area contributed by atoms with Gasteiger partial charge < -0.3 is 15.2 Å². The highest BCUT2D eigenvalue weighted by Gasteiger charge is 2.47. The minimum absolute atomic E-state index is 0.0459. The molecule has 114 valence electrons. The Balaban J connectivity index is 1.54. The molecular formula is C16H20ClNO3. The van der Waals surface area contributed by atoms with Crippen LogP contribution in [0.1, 0.15) is 19.3 Å². The number of hydrogen-bond donors (Lipinski definition) is 2. The van der Waals surface area contributed by atoms with Gasteiger partial charge in [0.15, 0.2) is 6.61 Å². The Morgan fingerprint density at radius 3 is 2.86 bits per heavy atom. The number of rotatable bonds is 5. The summed E-state index contributed by atoms with van der Waals surface area (Å²) < 4.78 is 5.45. The summed E-state index contributed by atoms with van der Waals surface area (Å²) in [6.07, 6.45) is 3.46. The summed E-state index contributed by atoms with van der Waals surface area (Å²) in [6.45, 7) is 0.104. The third-order valence-corrected chi connectivity index (χ3v) is 5.13. The van der Waals surface area contributed by atoms with Crippen molar-refractivity contribution in [3.8, 4) is 5.75 Å². The monoisotopic (exact) mass is 309 g/mol. The van der Waals surface area contributed by atoms with E-state index < -0.39 is 0 Å². The van der Waals surface area contributed by atoms with Crippen molar-refractivity contribution in [1.82, 2.24) is 5.32 Å². The van der Waals surface area contributed by atoms with Crippen LogP contribution in [0.25, 0.3) is 0 Å². The lowest BCUT2D eigenvalue weighted by atomic mass is 9.85. The summed E-state index contributed by atoms with van der Waals surface area (Å²) in [5, 5.41) is 13.0. The number of amides is 1. The van der Waals surface area contributed by atoms with Crippen molar-refractivity contribution in [3.05, 3.63) is 29.3 Å². The molecule has 0 spiro atoms. The normalized spacial score (nSPS) is 30.4. The Labute approximate surface area is 129 Å². The number of aliphatic hydroxyl groups is 1. The van der Waals surface area contributed by atoms with E-state index in [0.29, 0.717) is 22.6 Å². The SMILES string of the molecule is O=C(COc1ccccc1Cl)NC1C2CCC(C2)C1CO. The molecule has 2 fully saturated rings. The Morgan fingerprint density at radius 1 is 1.33 bits per heavy atom. The van der Waals surface area contributed by atoms with Crippen LogP contribution in [0.15, 0.2) is 24.3 Å². The minimum Gasteiger partial charge on any atom is -0.482 e. The molecule has 2 aliphatic rings. The Morgan fingerprint density at radius 2 is 2.10 bits per heavy atom. The molecule has 0 aliphatic heterocycles. The molecule has 0 aromatic heterocycles. The fourth-order valence-corrected chi connectivity index (χ4v) is 4.02. The van der Waals surface area contributed by atoms with Crippen molar-refractivity contribution < 1.29 is 14.6 Å². The van der Waals surface area contributed by atoms with Gasteiger partial charge in [-0.15, -0.1) is 0 Å². The van der Waals surface area contributed by atoms with Crippen LogP contribution in [0.2, 0.25) is 5.02 Å². The van der Waals surface area contributed by atoms with Crippen LogP contribution in [0, 0.1) is 17.8 Å². The Bertz CT molecular complexity index is 522. The number of aliphatic hydroxyl groups excluding tert-OH is 1. The first-order chi connectivity index (χ1) is 10.2. The van der Waals surface area contributed by atoms with Gasteiger partial charge in [0.05, 0.1) is 5.02 Å². The predicted octanol–water partition coefficient (Wildman–Crippen LogP) is 2.24. The molecule has 2 N–H and O–H groups in total. The van der Waals surface area contributed by atoms with Gasteiger partial charge >= 0.3 is 0 Å². The van der Waals surface area contributed by atoms with Gasteiger partial charge in [0.2, 0.25) is 0 Å². The summed E-state index contributed by atoms with van der Waals surface area (Å²) in [5.41, 5.74) is 0. The first-order valence-corrected chi connectivity index (χ1v) is 7.84. The molecule has 21 heavy (non-hydrogen) atoms. The molecule has 5 heteroatoms. The van der Waals surface area contributed by atoms with Crippen LogP contribution < -0.4 is 10.1 Å². The maximum absolute atomic E-state index is 12.1. The van der Waals surface area contributed by atoms with Crippen LogP contribution in [0.4, 0.5) is 0 Å². The highest BCUT2D eigenvalue weighted by molar-refractivity contribution is 6.32. The topological polar surface area (TPSA) is 58.6 Å². The third-order valence-electron chi connectivity index (χ3n) is 4.82. The molecule has 2 aliphatic carbocycles. The van der Waals surface area contributed by atoms with E-state index in [1.54, 1.807) is 12.1 Å². The number of carbonyl (C=O) groups excluding carboxylic acids is 1. The Hall–Kier alpha value is -1.26. The first kappa shape index (κ1) is 14.7. The van der Waals surface area contributed by atoms with Crippen LogP contribution in [-0.2, 0) is 4.79 Å². The fourth-order valence-electron chi connectivity index (χ4n) is 3.83. The molecule has 4 atom stereocenters. The van der Waals surface area contributed by atoms with Gasteiger partial charge in [0, 0.05) is 18.6 Å². The van der Waals surface area contributed by atoms with E-state index in [0.717, 1.165) is 12.8 Å². The summed E-state index contributed by atoms with van der Waals surface area (Å²) in [5.74, 6) is 1.64. The molecular weight excluding hydrogens is 290 g/mol. The number of ether oxygens (including phenoxy) is 1. The summed E-state index contributed by atoms with van der Waals surface area (Å²) in [4.78, 5) is 12.1. The maximum atomic E-state index is 12.1. The number of nitrogens with one attached hydrogen (secondary N) is 1. The van der Waals surface area contributed by atoms with Crippen molar-refractivity contribution in [2.45, 2.75) is 25.3 Å². The summed E-state index contributed by atoms with van der Waals surface area (Å²) >= 11 is 5.99. The molecule has 1 amide bonds. The summed E-state index contributed by atoms with van der Waals surface area (Å²) in [6, 6.07) is 7.19. The third kappa shape index (κ3) is 3.01. The van der Waals surface area contributed by atoms with Gasteiger partial charge in [-0.3, -0.25) is 4.79 Å². The van der Waals surface area contributed by atoms with Crippen molar-refractivity contribution >= 4 is 17.5 Å². The van der Waals surface area contributed by atoms with Crippen LogP contribution >= 0.6 is 11.6 Å². The van der Waals surface area contributed by atoms with Crippen molar-refractivity contribution in [3.63, 3.8) is 0 Å². The largest absolute Gasteiger partial charge is 0.482 e. The van der Waals surface area contributed by atoms with E-state index in [1.807, 2.05) is 12.1 Å². The molecule has 2 saturated carbocycles. The Kier molecular flexibility index (Phi) is 4.36. The molecule has 0 radical (unpaired) electrons. The van der Waals surface area contributed by atoms with Gasteiger partial charge in [-0.2, -0.15) is 0 Å². The number of para-hydroxylation sites is 1. The lowest BCUT2D eigenvalue weighted by molar-refractivity contribution is -0.124. The van der Waals surface area contributed by atoms with Crippen molar-refractivity contribution in [1.29, 1.82) is 0 Å². The second-order valence-corrected chi connectivity index (χ2v) is 6.40. The van der Waals surface area contributed by atoms with E-state index in [1.165, 1.54) is 6.42 Å². The van der Waals surface area contributed by atoms with E-state index in [-0.39, 0.29) is 31.1 Å². The van der Waals surface area contributed by atoms with Gasteiger partial charge in [0.25, 0.3) is 5.91 Å². The smallest absolute Gasteiger partial charge is 0.258 e. The quantitative estimate of drug-likeness (QED) is 0.877. The number of fused-ring (bicyclic) bond motifs is 2. The van der Waals surface area contributed by atoms with Crippen molar-refractivity contribution in [2.75, 3.05) is 13.2 Å².